The molecule has 0 bridgehead atoms. The van der Waals surface area contributed by atoms with Gasteiger partial charge in [-0.15, -0.1) is 0 Å². The molecule has 0 aliphatic carbocycles. The first-order chi connectivity index (χ1) is 24.7. The number of aromatic nitrogens is 2. The zero-order valence-electron chi connectivity index (χ0n) is 28.6. The van der Waals surface area contributed by atoms with E-state index >= 15 is 0 Å². The van der Waals surface area contributed by atoms with E-state index in [1.807, 2.05) is 97.1 Å². The molecule has 1 aromatic heterocycles. The van der Waals surface area contributed by atoms with Crippen molar-refractivity contribution in [1.29, 1.82) is 0 Å². The number of likely N-dealkylation sites (tertiary alicyclic amines) is 1. The number of piperidine rings is 1. The summed E-state index contributed by atoms with van der Waals surface area (Å²) in [6.45, 7) is 2.58. The number of hydrogen-bond acceptors (Lipinski definition) is 7. The van der Waals surface area contributed by atoms with Gasteiger partial charge in [-0.25, -0.2) is 9.59 Å². The number of carbonyl (C=O) groups is 3. The van der Waals surface area contributed by atoms with Crippen LogP contribution in [0.4, 0.5) is 0 Å². The number of nitrogens with zero attached hydrogens (tertiary/aromatic N) is 2. The van der Waals surface area contributed by atoms with Crippen LogP contribution < -0.4 is 20.5 Å². The highest BCUT2D eigenvalue weighted by Gasteiger charge is 2.46. The van der Waals surface area contributed by atoms with Crippen molar-refractivity contribution in [3.05, 3.63) is 130 Å². The molecule has 4 aromatic carbocycles. The molecule has 0 unspecified atom stereocenters. The number of nitrogens with one attached hydrogen (secondary N) is 2. The third-order valence-corrected chi connectivity index (χ3v) is 9.80. The van der Waals surface area contributed by atoms with E-state index in [-0.39, 0.29) is 36.9 Å². The Morgan fingerprint density at radius 3 is 2.16 bits per heavy atom. The van der Waals surface area contributed by atoms with Gasteiger partial charge in [-0.3, -0.25) is 14.2 Å². The fraction of sp³-hybridized carbons (Fsp3) is 0.300. The highest BCUT2D eigenvalue weighted by Crippen LogP contribution is 2.48. The summed E-state index contributed by atoms with van der Waals surface area (Å²) < 4.78 is 20.0. The van der Waals surface area contributed by atoms with Crippen LogP contribution in [0.1, 0.15) is 55.3 Å². The first-order valence-corrected chi connectivity index (χ1v) is 17.2. The van der Waals surface area contributed by atoms with Crippen LogP contribution in [0.5, 0.6) is 11.5 Å². The van der Waals surface area contributed by atoms with Gasteiger partial charge in [0.05, 0.1) is 18.1 Å². The highest BCUT2D eigenvalue weighted by atomic mass is 16.7. The molecule has 1 saturated heterocycles. The Kier molecular flexibility index (Phi) is 9.12. The van der Waals surface area contributed by atoms with E-state index in [0.29, 0.717) is 37.4 Å². The van der Waals surface area contributed by atoms with Crippen LogP contribution in [0.15, 0.2) is 108 Å². The molecular formula is C40H40N4O7. The predicted octanol–water partition coefficient (Wildman–Crippen LogP) is 5.24. The molecule has 2 amide bonds. The van der Waals surface area contributed by atoms with Gasteiger partial charge in [-0.05, 0) is 49.6 Å². The summed E-state index contributed by atoms with van der Waals surface area (Å²) in [7, 11) is 1.28. The molecule has 5 aromatic rings. The number of rotatable bonds is 10. The largest absolute Gasteiger partial charge is 0.467 e. The molecule has 0 radical (unpaired) electrons. The topological polar surface area (TPSA) is 132 Å². The van der Waals surface area contributed by atoms with E-state index in [9.17, 15) is 19.2 Å². The summed E-state index contributed by atoms with van der Waals surface area (Å²) in [5, 5.41) is 2.84. The summed E-state index contributed by atoms with van der Waals surface area (Å²) in [4.78, 5) is 56.8. The number of hydrogen-bond donors (Lipinski definition) is 2. The van der Waals surface area contributed by atoms with E-state index < -0.39 is 23.2 Å². The van der Waals surface area contributed by atoms with E-state index in [4.69, 9.17) is 14.2 Å². The van der Waals surface area contributed by atoms with Gasteiger partial charge >= 0.3 is 17.4 Å². The molecule has 2 N–H and O–H groups in total. The zero-order chi connectivity index (χ0) is 35.6. The quantitative estimate of drug-likeness (QED) is 0.192. The van der Waals surface area contributed by atoms with Gasteiger partial charge < -0.3 is 29.4 Å². The second-order valence-electron chi connectivity index (χ2n) is 13.3. The number of fused-ring (bicyclic) bond motifs is 2. The Balaban J connectivity index is 0.987. The smallest absolute Gasteiger partial charge is 0.331 e. The maximum atomic E-state index is 13.2. The Hall–Kier alpha value is -5.84. The SMILES string of the molecule is COC(=O)[C@](C)(Cc1ccc2c(c1)OC(c1ccccc1)(c1ccccc1)O2)NC(=O)CCC(=O)N1CCC(n2c(=O)[nH]c3ccccc32)CC1. The van der Waals surface area contributed by atoms with Crippen LogP contribution in [0.2, 0.25) is 0 Å². The van der Waals surface area contributed by atoms with E-state index in [0.717, 1.165) is 27.7 Å². The van der Waals surface area contributed by atoms with E-state index in [1.54, 1.807) is 22.5 Å². The maximum Gasteiger partial charge on any atom is 0.331 e. The van der Waals surface area contributed by atoms with Crippen LogP contribution in [0.3, 0.4) is 0 Å². The van der Waals surface area contributed by atoms with E-state index in [2.05, 4.69) is 10.3 Å². The average molecular weight is 689 g/mol. The number of aromatic amines is 1. The number of ether oxygens (including phenoxy) is 3. The maximum absolute atomic E-state index is 13.2. The van der Waals surface area contributed by atoms with Crippen molar-refractivity contribution in [3.8, 4) is 11.5 Å². The number of H-pyrrole nitrogens is 1. The number of esters is 1. The summed E-state index contributed by atoms with van der Waals surface area (Å²) in [5.41, 5.74) is 2.44. The molecule has 1 atom stereocenters. The molecule has 262 valence electrons. The van der Waals surface area contributed by atoms with Crippen molar-refractivity contribution < 1.29 is 28.6 Å². The van der Waals surface area contributed by atoms with Gasteiger partial charge in [0, 0.05) is 49.5 Å². The van der Waals surface area contributed by atoms with E-state index in [1.165, 1.54) is 7.11 Å². The molecular weight excluding hydrogens is 648 g/mol. The lowest BCUT2D eigenvalue weighted by atomic mass is 9.92. The average Bonchev–Trinajstić information content (AvgIpc) is 3.72. The lowest BCUT2D eigenvalue weighted by Crippen LogP contribution is -2.54. The minimum absolute atomic E-state index is 0.00807. The molecule has 0 saturated carbocycles. The summed E-state index contributed by atoms with van der Waals surface area (Å²) in [6, 6.07) is 32.4. The van der Waals surface area contributed by atoms with Crippen molar-refractivity contribution >= 4 is 28.8 Å². The van der Waals surface area contributed by atoms with Crippen molar-refractivity contribution in [2.24, 2.45) is 0 Å². The number of methoxy groups -OCH3 is 1. The minimum atomic E-state index is -1.41. The summed E-state index contributed by atoms with van der Waals surface area (Å²) in [5.74, 6) is -1.35. The monoisotopic (exact) mass is 688 g/mol. The summed E-state index contributed by atoms with van der Waals surface area (Å²) in [6.07, 6.45) is 1.28. The molecule has 0 spiro atoms. The molecule has 3 heterocycles. The Bertz CT molecular complexity index is 2080. The normalized spacial score (nSPS) is 16.4. The number of amides is 2. The Morgan fingerprint density at radius 2 is 1.49 bits per heavy atom. The van der Waals surface area contributed by atoms with Crippen LogP contribution in [-0.2, 0) is 31.3 Å². The summed E-state index contributed by atoms with van der Waals surface area (Å²) >= 11 is 0. The van der Waals surface area contributed by atoms with Crippen LogP contribution in [0.25, 0.3) is 11.0 Å². The molecule has 2 aliphatic heterocycles. The van der Waals surface area contributed by atoms with Gasteiger partial charge in [0.15, 0.2) is 11.5 Å². The first kappa shape index (κ1) is 33.6. The lowest BCUT2D eigenvalue weighted by molar-refractivity contribution is -0.150. The second kappa shape index (κ2) is 13.8. The van der Waals surface area contributed by atoms with Crippen molar-refractivity contribution in [2.45, 2.75) is 56.4 Å². The standard InChI is InChI=1S/C40H40N4O7/c1-39(37(47)49-2,26-27-17-18-33-34(25-27)51-40(50-33,28-11-5-3-6-12-28)29-13-7-4-8-14-29)42-35(45)19-20-36(46)43-23-21-30(22-24-43)44-32-16-10-9-15-31(32)41-38(44)48/h3-18,25,30H,19-24,26H2,1-2H3,(H,41,48)(H,42,45)/t39-/m0/s1. The van der Waals surface area contributed by atoms with Crippen molar-refractivity contribution in [2.75, 3.05) is 20.2 Å². The predicted molar refractivity (Wildman–Crippen MR) is 190 cm³/mol. The fourth-order valence-corrected chi connectivity index (χ4v) is 7.23. The van der Waals surface area contributed by atoms with Crippen LogP contribution >= 0.6 is 0 Å². The van der Waals surface area contributed by atoms with Gasteiger partial charge in [0.2, 0.25) is 11.8 Å². The van der Waals surface area contributed by atoms with Gasteiger partial charge in [0.1, 0.15) is 5.54 Å². The number of carbonyl (C=O) groups excluding carboxylic acids is 3. The number of para-hydroxylation sites is 2. The molecule has 51 heavy (non-hydrogen) atoms. The first-order valence-electron chi connectivity index (χ1n) is 17.2. The molecule has 2 aliphatic rings. The Morgan fingerprint density at radius 1 is 0.863 bits per heavy atom. The van der Waals surface area contributed by atoms with Crippen LogP contribution in [0, 0.1) is 0 Å². The number of imidazole rings is 1. The third kappa shape index (κ3) is 6.59. The van der Waals surface area contributed by atoms with Gasteiger partial charge in [-0.2, -0.15) is 0 Å². The minimum Gasteiger partial charge on any atom is -0.467 e. The molecule has 11 nitrogen and oxygen atoms in total. The van der Waals surface area contributed by atoms with Crippen LogP contribution in [-0.4, -0.2) is 58.0 Å². The van der Waals surface area contributed by atoms with Crippen molar-refractivity contribution in [1.82, 2.24) is 19.8 Å². The highest BCUT2D eigenvalue weighted by molar-refractivity contribution is 5.90. The number of benzene rings is 4. The fourth-order valence-electron chi connectivity index (χ4n) is 7.23. The molecule has 7 rings (SSSR count). The van der Waals surface area contributed by atoms with Gasteiger partial charge in [-0.1, -0.05) is 78.9 Å². The molecule has 1 fully saturated rings. The Labute approximate surface area is 295 Å². The third-order valence-electron chi connectivity index (χ3n) is 9.80. The lowest BCUT2D eigenvalue weighted by Gasteiger charge is -2.33. The molecule has 11 heteroatoms. The zero-order valence-corrected chi connectivity index (χ0v) is 28.6. The second-order valence-corrected chi connectivity index (χ2v) is 13.3. The van der Waals surface area contributed by atoms with Crippen molar-refractivity contribution in [3.63, 3.8) is 0 Å². The van der Waals surface area contributed by atoms with Gasteiger partial charge in [0.25, 0.3) is 0 Å².